The number of nitrogens with zero attached hydrogens (tertiary/aromatic N) is 5. The van der Waals surface area contributed by atoms with E-state index < -0.39 is 0 Å². The summed E-state index contributed by atoms with van der Waals surface area (Å²) in [6.45, 7) is 4.53. The number of unbranched alkanes of at least 4 members (excludes halogenated alkanes) is 2. The summed E-state index contributed by atoms with van der Waals surface area (Å²) in [5, 5.41) is 4.92. The fraction of sp³-hybridized carbons (Fsp3) is 0.136. The van der Waals surface area contributed by atoms with Crippen molar-refractivity contribution in [3.8, 4) is 56.7 Å². The fourth-order valence-electron chi connectivity index (χ4n) is 9.50. The zero-order valence-electron chi connectivity index (χ0n) is 36.4. The van der Waals surface area contributed by atoms with Crippen LogP contribution in [-0.2, 0) is 12.8 Å². The summed E-state index contributed by atoms with van der Waals surface area (Å²) >= 11 is 0. The number of hydrogen-bond donors (Lipinski definition) is 0. The molecule has 0 N–H and O–H groups in total. The summed E-state index contributed by atoms with van der Waals surface area (Å²) < 4.78 is 4.75. The Morgan fingerprint density at radius 2 is 0.875 bits per heavy atom. The second-order valence-electron chi connectivity index (χ2n) is 16.9. The third-order valence-corrected chi connectivity index (χ3v) is 12.7. The van der Waals surface area contributed by atoms with Gasteiger partial charge in [-0.1, -0.05) is 160 Å². The van der Waals surface area contributed by atoms with E-state index in [2.05, 4.69) is 193 Å². The van der Waals surface area contributed by atoms with Gasteiger partial charge in [-0.25, -0.2) is 4.98 Å². The zero-order chi connectivity index (χ0) is 43.0. The van der Waals surface area contributed by atoms with Crippen LogP contribution in [0, 0.1) is 0 Å². The van der Waals surface area contributed by atoms with Crippen molar-refractivity contribution in [3.05, 3.63) is 199 Å². The number of fused-ring (bicyclic) bond motifs is 7. The van der Waals surface area contributed by atoms with Gasteiger partial charge in [0.25, 0.3) is 0 Å². The molecule has 0 radical (unpaired) electrons. The summed E-state index contributed by atoms with van der Waals surface area (Å²) in [5.74, 6) is 1.84. The minimum absolute atomic E-state index is 0.588. The number of rotatable bonds is 12. The van der Waals surface area contributed by atoms with Crippen molar-refractivity contribution >= 4 is 43.6 Å². The van der Waals surface area contributed by atoms with Crippen LogP contribution in [-0.4, -0.2) is 24.1 Å². The smallest absolute Gasteiger partial charge is 0.238 e. The molecule has 0 atom stereocenters. The zero-order valence-corrected chi connectivity index (χ0v) is 36.4. The lowest BCUT2D eigenvalue weighted by molar-refractivity contribution is 0.796. The highest BCUT2D eigenvalue weighted by molar-refractivity contribution is 6.26. The van der Waals surface area contributed by atoms with Gasteiger partial charge in [-0.3, -0.25) is 4.57 Å². The Kier molecular flexibility index (Phi) is 10.4. The molecular weight excluding hydrogens is 779 g/mol. The first-order chi connectivity index (χ1) is 31.6. The van der Waals surface area contributed by atoms with Gasteiger partial charge in [-0.15, -0.1) is 0 Å². The Labute approximate surface area is 374 Å². The SMILES string of the molecule is CCCCc1ccc2c(c1)c1c(ccc3c4cc(CCCC)ccc4n(-c4ccccc4)c31)n2-c1nc(-c2ccccc2)nc(-c2cccc(-c3cccc(-c4ccccc4)c3)c2)n1. The molecule has 5 heteroatoms. The maximum atomic E-state index is 5.42. The molecule has 0 fully saturated rings. The largest absolute Gasteiger partial charge is 0.309 e. The molecule has 11 rings (SSSR count). The molecule has 0 aliphatic heterocycles. The highest BCUT2D eigenvalue weighted by Gasteiger charge is 2.24. The number of benzene rings is 8. The topological polar surface area (TPSA) is 48.5 Å². The Morgan fingerprint density at radius 1 is 0.375 bits per heavy atom. The summed E-state index contributed by atoms with van der Waals surface area (Å²) in [6.07, 6.45) is 6.71. The molecule has 11 aromatic rings. The monoisotopic (exact) mass is 827 g/mol. The lowest BCUT2D eigenvalue weighted by Crippen LogP contribution is -2.06. The normalized spacial score (nSPS) is 11.7. The molecule has 0 saturated carbocycles. The molecule has 64 heavy (non-hydrogen) atoms. The predicted octanol–water partition coefficient (Wildman–Crippen LogP) is 15.4. The molecule has 3 heterocycles. The number of aromatic nitrogens is 5. The van der Waals surface area contributed by atoms with Gasteiger partial charge in [0.1, 0.15) is 0 Å². The molecule has 0 saturated heterocycles. The van der Waals surface area contributed by atoms with Gasteiger partial charge in [-0.05, 0) is 114 Å². The van der Waals surface area contributed by atoms with Crippen molar-refractivity contribution in [3.63, 3.8) is 0 Å². The summed E-state index contributed by atoms with van der Waals surface area (Å²) in [6, 6.07) is 67.7. The second kappa shape index (κ2) is 16.9. The third-order valence-electron chi connectivity index (χ3n) is 12.7. The Morgan fingerprint density at radius 3 is 1.52 bits per heavy atom. The minimum atomic E-state index is 0.588. The number of hydrogen-bond acceptors (Lipinski definition) is 3. The maximum absolute atomic E-state index is 5.42. The first kappa shape index (κ1) is 39.2. The van der Waals surface area contributed by atoms with E-state index in [1.165, 1.54) is 67.7 Å². The van der Waals surface area contributed by atoms with Crippen LogP contribution < -0.4 is 0 Å². The van der Waals surface area contributed by atoms with E-state index in [1.54, 1.807) is 0 Å². The molecule has 0 aliphatic carbocycles. The molecule has 0 aliphatic rings. The van der Waals surface area contributed by atoms with Crippen molar-refractivity contribution < 1.29 is 0 Å². The Bertz CT molecular complexity index is 3460. The van der Waals surface area contributed by atoms with Crippen LogP contribution in [0.25, 0.3) is 100 Å². The van der Waals surface area contributed by atoms with Gasteiger partial charge in [0.15, 0.2) is 11.6 Å². The lowest BCUT2D eigenvalue weighted by Gasteiger charge is -2.12. The van der Waals surface area contributed by atoms with E-state index >= 15 is 0 Å². The molecule has 0 bridgehead atoms. The van der Waals surface area contributed by atoms with Crippen molar-refractivity contribution in [2.45, 2.75) is 52.4 Å². The Hall–Kier alpha value is -7.63. The highest BCUT2D eigenvalue weighted by Crippen LogP contribution is 2.43. The van der Waals surface area contributed by atoms with Gasteiger partial charge in [0.2, 0.25) is 5.95 Å². The van der Waals surface area contributed by atoms with Crippen LogP contribution in [0.3, 0.4) is 0 Å². The molecule has 0 amide bonds. The van der Waals surface area contributed by atoms with Crippen molar-refractivity contribution in [2.24, 2.45) is 0 Å². The van der Waals surface area contributed by atoms with E-state index in [-0.39, 0.29) is 0 Å². The van der Waals surface area contributed by atoms with Gasteiger partial charge in [0.05, 0.1) is 22.1 Å². The molecule has 0 spiro atoms. The van der Waals surface area contributed by atoms with Gasteiger partial charge < -0.3 is 4.57 Å². The molecule has 310 valence electrons. The van der Waals surface area contributed by atoms with Crippen LogP contribution >= 0.6 is 0 Å². The summed E-state index contributed by atoms with van der Waals surface area (Å²) in [4.78, 5) is 16.0. The van der Waals surface area contributed by atoms with Crippen LogP contribution in [0.2, 0.25) is 0 Å². The van der Waals surface area contributed by atoms with E-state index in [9.17, 15) is 0 Å². The highest BCUT2D eigenvalue weighted by atomic mass is 15.2. The van der Waals surface area contributed by atoms with E-state index in [1.807, 2.05) is 18.2 Å². The molecular formula is C59H49N5. The molecule has 0 unspecified atom stereocenters. The van der Waals surface area contributed by atoms with Crippen LogP contribution in [0.15, 0.2) is 188 Å². The van der Waals surface area contributed by atoms with Gasteiger partial charge >= 0.3 is 0 Å². The van der Waals surface area contributed by atoms with E-state index in [0.717, 1.165) is 64.7 Å². The molecule has 8 aromatic carbocycles. The van der Waals surface area contributed by atoms with E-state index in [4.69, 9.17) is 15.0 Å². The predicted molar refractivity (Wildman–Crippen MR) is 267 cm³/mol. The van der Waals surface area contributed by atoms with Crippen molar-refractivity contribution in [2.75, 3.05) is 0 Å². The quantitative estimate of drug-likeness (QED) is 0.123. The van der Waals surface area contributed by atoms with Gasteiger partial charge in [0, 0.05) is 38.4 Å². The fourth-order valence-corrected chi connectivity index (χ4v) is 9.50. The van der Waals surface area contributed by atoms with Crippen LogP contribution in [0.1, 0.15) is 50.7 Å². The number of para-hydroxylation sites is 1. The second-order valence-corrected chi connectivity index (χ2v) is 16.9. The standard InChI is InChI=1S/C59H49N5/c1-3-5-18-40-30-33-52-50(36-40)49-32-35-54-55(56(49)63(52)48-28-14-9-15-29-48)51-37-41(19-6-4-2)31-34-53(51)64(54)59-61-57(43-22-12-8-13-23-43)60-58(62-59)47-27-17-26-46(39-47)45-25-16-24-44(38-45)42-20-10-7-11-21-42/h7-17,20-39H,3-6,18-19H2,1-2H3. The third kappa shape index (κ3) is 7.13. The molecule has 3 aromatic heterocycles. The first-order valence-corrected chi connectivity index (χ1v) is 22.8. The van der Waals surface area contributed by atoms with Crippen LogP contribution in [0.4, 0.5) is 0 Å². The van der Waals surface area contributed by atoms with Gasteiger partial charge in [-0.2, -0.15) is 9.97 Å². The first-order valence-electron chi connectivity index (χ1n) is 22.8. The van der Waals surface area contributed by atoms with E-state index in [0.29, 0.717) is 17.6 Å². The lowest BCUT2D eigenvalue weighted by atomic mass is 9.98. The summed E-state index contributed by atoms with van der Waals surface area (Å²) in [5.41, 5.74) is 14.9. The average molecular weight is 828 g/mol. The Balaban J connectivity index is 1.17. The molecule has 5 nitrogen and oxygen atoms in total. The summed E-state index contributed by atoms with van der Waals surface area (Å²) in [7, 11) is 0. The van der Waals surface area contributed by atoms with Crippen LogP contribution in [0.5, 0.6) is 0 Å². The maximum Gasteiger partial charge on any atom is 0.238 e. The minimum Gasteiger partial charge on any atom is -0.309 e. The van der Waals surface area contributed by atoms with Crippen molar-refractivity contribution in [1.29, 1.82) is 0 Å². The number of aryl methyl sites for hydroxylation is 2. The van der Waals surface area contributed by atoms with Crippen molar-refractivity contribution in [1.82, 2.24) is 24.1 Å². The average Bonchev–Trinajstić information content (AvgIpc) is 3.88.